The Morgan fingerprint density at radius 2 is 2.06 bits per heavy atom. The second-order valence-corrected chi connectivity index (χ2v) is 6.09. The highest BCUT2D eigenvalue weighted by Crippen LogP contribution is 2.46. The fourth-order valence-corrected chi connectivity index (χ4v) is 3.10. The monoisotopic (exact) mass is 255 g/mol. The van der Waals surface area contributed by atoms with Crippen molar-refractivity contribution in [1.29, 1.82) is 0 Å². The van der Waals surface area contributed by atoms with Gasteiger partial charge in [-0.1, -0.05) is 19.1 Å². The standard InChI is InChI=1S/C13H19F2N3/c1-8(2)9-3-4-12-11(5-9)16-17-18(12)10-6-13(14,15)7-10/h8-10H,3-7H2,1-2H3. The lowest BCUT2D eigenvalue weighted by Gasteiger charge is -2.36. The molecule has 3 rings (SSSR count). The Morgan fingerprint density at radius 3 is 2.67 bits per heavy atom. The zero-order valence-electron chi connectivity index (χ0n) is 10.9. The molecule has 1 saturated carbocycles. The van der Waals surface area contributed by atoms with Crippen molar-refractivity contribution in [3.8, 4) is 0 Å². The maximum atomic E-state index is 12.9. The molecule has 1 atom stereocenters. The van der Waals surface area contributed by atoms with Gasteiger partial charge in [0.05, 0.1) is 17.4 Å². The van der Waals surface area contributed by atoms with E-state index in [2.05, 4.69) is 24.2 Å². The van der Waals surface area contributed by atoms with Gasteiger partial charge in [0.1, 0.15) is 0 Å². The van der Waals surface area contributed by atoms with E-state index in [4.69, 9.17) is 0 Å². The molecule has 100 valence electrons. The minimum absolute atomic E-state index is 0.0730. The lowest BCUT2D eigenvalue weighted by atomic mass is 9.81. The Balaban J connectivity index is 1.77. The zero-order chi connectivity index (χ0) is 12.9. The van der Waals surface area contributed by atoms with Crippen LogP contribution in [0.1, 0.15) is 50.5 Å². The Morgan fingerprint density at radius 1 is 1.33 bits per heavy atom. The topological polar surface area (TPSA) is 30.7 Å². The molecule has 1 aromatic rings. The van der Waals surface area contributed by atoms with Crippen LogP contribution in [0.15, 0.2) is 0 Å². The zero-order valence-corrected chi connectivity index (χ0v) is 10.9. The predicted molar refractivity (Wildman–Crippen MR) is 63.6 cm³/mol. The first kappa shape index (κ1) is 12.1. The van der Waals surface area contributed by atoms with E-state index in [0.29, 0.717) is 11.8 Å². The van der Waals surface area contributed by atoms with Crippen molar-refractivity contribution >= 4 is 0 Å². The number of alkyl halides is 2. The lowest BCUT2D eigenvalue weighted by Crippen LogP contribution is -2.38. The minimum atomic E-state index is -2.49. The third kappa shape index (κ3) is 1.93. The van der Waals surface area contributed by atoms with E-state index in [1.54, 1.807) is 4.68 Å². The molecule has 0 spiro atoms. The summed E-state index contributed by atoms with van der Waals surface area (Å²) in [5.74, 6) is -1.18. The summed E-state index contributed by atoms with van der Waals surface area (Å²) in [4.78, 5) is 0. The number of nitrogens with zero attached hydrogens (tertiary/aromatic N) is 3. The molecule has 0 aromatic carbocycles. The molecule has 3 nitrogen and oxygen atoms in total. The number of rotatable bonds is 2. The summed E-state index contributed by atoms with van der Waals surface area (Å²) < 4.78 is 27.6. The van der Waals surface area contributed by atoms with Gasteiger partial charge in [-0.05, 0) is 31.1 Å². The van der Waals surface area contributed by atoms with Gasteiger partial charge in [0, 0.05) is 12.8 Å². The largest absolute Gasteiger partial charge is 0.252 e. The number of hydrogen-bond acceptors (Lipinski definition) is 2. The van der Waals surface area contributed by atoms with Crippen LogP contribution in [-0.2, 0) is 12.8 Å². The van der Waals surface area contributed by atoms with Crippen molar-refractivity contribution in [3.05, 3.63) is 11.4 Å². The van der Waals surface area contributed by atoms with Crippen molar-refractivity contribution in [2.45, 2.75) is 57.9 Å². The molecular weight excluding hydrogens is 236 g/mol. The fourth-order valence-electron chi connectivity index (χ4n) is 3.10. The molecule has 5 heteroatoms. The molecule has 2 aliphatic carbocycles. The van der Waals surface area contributed by atoms with Gasteiger partial charge in [0.25, 0.3) is 5.92 Å². The Labute approximate surface area is 106 Å². The van der Waals surface area contributed by atoms with Crippen molar-refractivity contribution in [3.63, 3.8) is 0 Å². The van der Waals surface area contributed by atoms with Crippen LogP contribution in [0.25, 0.3) is 0 Å². The van der Waals surface area contributed by atoms with E-state index in [0.717, 1.165) is 30.7 Å². The predicted octanol–water partition coefficient (Wildman–Crippen LogP) is 3.01. The summed E-state index contributed by atoms with van der Waals surface area (Å²) in [6.45, 7) is 4.46. The molecule has 1 aromatic heterocycles. The van der Waals surface area contributed by atoms with Gasteiger partial charge in [-0.25, -0.2) is 13.5 Å². The van der Waals surface area contributed by atoms with E-state index in [1.807, 2.05) is 0 Å². The van der Waals surface area contributed by atoms with Gasteiger partial charge >= 0.3 is 0 Å². The molecule has 0 aliphatic heterocycles. The Kier molecular flexibility index (Phi) is 2.68. The second-order valence-electron chi connectivity index (χ2n) is 6.09. The maximum absolute atomic E-state index is 12.9. The van der Waals surface area contributed by atoms with Crippen molar-refractivity contribution in [1.82, 2.24) is 15.0 Å². The van der Waals surface area contributed by atoms with Crippen LogP contribution in [-0.4, -0.2) is 20.9 Å². The number of aromatic nitrogens is 3. The normalized spacial score (nSPS) is 27.1. The molecule has 2 aliphatic rings. The molecule has 0 N–H and O–H groups in total. The summed E-state index contributed by atoms with van der Waals surface area (Å²) >= 11 is 0. The van der Waals surface area contributed by atoms with Crippen LogP contribution in [0.5, 0.6) is 0 Å². The van der Waals surface area contributed by atoms with Crippen LogP contribution < -0.4 is 0 Å². The number of fused-ring (bicyclic) bond motifs is 1. The second kappa shape index (κ2) is 4.00. The number of halogens is 2. The highest BCUT2D eigenvalue weighted by Gasteiger charge is 2.47. The summed E-state index contributed by atoms with van der Waals surface area (Å²) in [6.07, 6.45) is 2.87. The van der Waals surface area contributed by atoms with Crippen LogP contribution in [0, 0.1) is 11.8 Å². The van der Waals surface area contributed by atoms with Crippen molar-refractivity contribution < 1.29 is 8.78 Å². The molecule has 1 unspecified atom stereocenters. The highest BCUT2D eigenvalue weighted by atomic mass is 19.3. The average Bonchev–Trinajstić information content (AvgIpc) is 2.67. The van der Waals surface area contributed by atoms with Gasteiger partial charge in [-0.3, -0.25) is 0 Å². The molecule has 0 bridgehead atoms. The average molecular weight is 255 g/mol. The van der Waals surface area contributed by atoms with Crippen molar-refractivity contribution in [2.75, 3.05) is 0 Å². The summed E-state index contributed by atoms with van der Waals surface area (Å²) in [7, 11) is 0. The molecule has 0 radical (unpaired) electrons. The highest BCUT2D eigenvalue weighted by molar-refractivity contribution is 5.16. The van der Waals surface area contributed by atoms with Crippen LogP contribution in [0.4, 0.5) is 8.78 Å². The molecule has 18 heavy (non-hydrogen) atoms. The smallest absolute Gasteiger partial charge is 0.246 e. The maximum Gasteiger partial charge on any atom is 0.252 e. The molecule has 1 fully saturated rings. The van der Waals surface area contributed by atoms with E-state index >= 15 is 0 Å². The van der Waals surface area contributed by atoms with Gasteiger partial charge in [0.2, 0.25) is 0 Å². The Hall–Kier alpha value is -1.00. The van der Waals surface area contributed by atoms with Crippen LogP contribution in [0.2, 0.25) is 0 Å². The van der Waals surface area contributed by atoms with Crippen molar-refractivity contribution in [2.24, 2.45) is 11.8 Å². The van der Waals surface area contributed by atoms with Crippen LogP contribution in [0.3, 0.4) is 0 Å². The number of hydrogen-bond donors (Lipinski definition) is 0. The quantitative estimate of drug-likeness (QED) is 0.813. The fraction of sp³-hybridized carbons (Fsp3) is 0.846. The van der Waals surface area contributed by atoms with E-state index in [9.17, 15) is 8.78 Å². The minimum Gasteiger partial charge on any atom is -0.246 e. The molecule has 1 heterocycles. The third-order valence-corrected chi connectivity index (χ3v) is 4.44. The summed E-state index contributed by atoms with van der Waals surface area (Å²) in [5.41, 5.74) is 2.14. The molecule has 0 amide bonds. The van der Waals surface area contributed by atoms with E-state index in [-0.39, 0.29) is 18.9 Å². The van der Waals surface area contributed by atoms with Gasteiger partial charge < -0.3 is 0 Å². The third-order valence-electron chi connectivity index (χ3n) is 4.44. The van der Waals surface area contributed by atoms with E-state index in [1.165, 1.54) is 0 Å². The first-order chi connectivity index (χ1) is 8.46. The first-order valence-electron chi connectivity index (χ1n) is 6.77. The Bertz CT molecular complexity index is 445. The molecule has 0 saturated heterocycles. The van der Waals surface area contributed by atoms with E-state index < -0.39 is 5.92 Å². The lowest BCUT2D eigenvalue weighted by molar-refractivity contribution is -0.107. The SMILES string of the molecule is CC(C)C1CCc2c(nnn2C2CC(F)(F)C2)C1. The van der Waals surface area contributed by atoms with Gasteiger partial charge in [-0.15, -0.1) is 5.10 Å². The van der Waals surface area contributed by atoms with Gasteiger partial charge in [-0.2, -0.15) is 0 Å². The summed E-state index contributed by atoms with van der Waals surface area (Å²) in [5, 5.41) is 8.32. The summed E-state index contributed by atoms with van der Waals surface area (Å²) in [6, 6.07) is -0.133. The van der Waals surface area contributed by atoms with Crippen LogP contribution >= 0.6 is 0 Å². The first-order valence-corrected chi connectivity index (χ1v) is 6.77. The van der Waals surface area contributed by atoms with Gasteiger partial charge in [0.15, 0.2) is 0 Å². The molecular formula is C13H19F2N3.